The van der Waals surface area contributed by atoms with E-state index in [0.29, 0.717) is 18.6 Å². The highest BCUT2D eigenvalue weighted by molar-refractivity contribution is 6.32. The van der Waals surface area contributed by atoms with Crippen LogP contribution in [0.5, 0.6) is 0 Å². The zero-order chi connectivity index (χ0) is 11.3. The number of nitrogens with one attached hydrogen (secondary N) is 1. The van der Waals surface area contributed by atoms with Gasteiger partial charge in [0.15, 0.2) is 6.29 Å². The topological polar surface area (TPSA) is 75.1 Å². The van der Waals surface area contributed by atoms with Gasteiger partial charge >= 0.3 is 0 Å². The third-order valence-corrected chi connectivity index (χ3v) is 2.18. The Morgan fingerprint density at radius 3 is 3.00 bits per heavy atom. The summed E-state index contributed by atoms with van der Waals surface area (Å²) in [5, 5.41) is 11.9. The van der Waals surface area contributed by atoms with Crippen molar-refractivity contribution in [1.29, 1.82) is 0 Å². The molecule has 0 bridgehead atoms. The van der Waals surface area contributed by atoms with Crippen molar-refractivity contribution in [3.8, 4) is 0 Å². The molecule has 1 aromatic rings. The first-order chi connectivity index (χ1) is 7.19. The van der Waals surface area contributed by atoms with E-state index in [1.165, 1.54) is 6.33 Å². The molecule has 0 saturated heterocycles. The maximum Gasteiger partial charge on any atom is 0.156 e. The Labute approximate surface area is 92.5 Å². The summed E-state index contributed by atoms with van der Waals surface area (Å²) in [6.07, 6.45) is 1.88. The predicted octanol–water partition coefficient (Wildman–Crippen LogP) is 0.983. The summed E-state index contributed by atoms with van der Waals surface area (Å²) in [7, 11) is 0. The summed E-state index contributed by atoms with van der Waals surface area (Å²) < 4.78 is 0. The monoisotopic (exact) mass is 229 g/mol. The first-order valence-corrected chi connectivity index (χ1v) is 4.87. The van der Waals surface area contributed by atoms with E-state index in [1.807, 2.05) is 6.92 Å². The summed E-state index contributed by atoms with van der Waals surface area (Å²) >= 11 is 5.71. The van der Waals surface area contributed by atoms with Crippen LogP contribution >= 0.6 is 11.6 Å². The minimum Gasteiger partial charge on any atom is -0.396 e. The summed E-state index contributed by atoms with van der Waals surface area (Å²) in [6.45, 7) is 2.46. The summed E-state index contributed by atoms with van der Waals surface area (Å²) in [5.74, 6) is 0.476. The van der Waals surface area contributed by atoms with Crippen molar-refractivity contribution in [3.05, 3.63) is 17.0 Å². The average Bonchev–Trinajstić information content (AvgIpc) is 2.25. The number of rotatable bonds is 5. The highest BCUT2D eigenvalue weighted by atomic mass is 35.5. The zero-order valence-corrected chi connectivity index (χ0v) is 9.03. The number of hydrogen-bond acceptors (Lipinski definition) is 5. The van der Waals surface area contributed by atoms with Crippen molar-refractivity contribution in [1.82, 2.24) is 9.97 Å². The van der Waals surface area contributed by atoms with Crippen molar-refractivity contribution >= 4 is 23.7 Å². The van der Waals surface area contributed by atoms with Crippen LogP contribution in [-0.2, 0) is 0 Å². The van der Waals surface area contributed by atoms with E-state index in [4.69, 9.17) is 16.7 Å². The molecule has 0 aliphatic carbocycles. The van der Waals surface area contributed by atoms with Crippen molar-refractivity contribution in [2.24, 2.45) is 5.92 Å². The number of carbonyl (C=O) groups excluding carboxylic acids is 1. The Balaban J connectivity index is 2.76. The van der Waals surface area contributed by atoms with Crippen molar-refractivity contribution < 1.29 is 9.90 Å². The fourth-order valence-corrected chi connectivity index (χ4v) is 1.13. The first-order valence-electron chi connectivity index (χ1n) is 4.49. The molecule has 0 radical (unpaired) electrons. The van der Waals surface area contributed by atoms with Crippen LogP contribution < -0.4 is 5.32 Å². The summed E-state index contributed by atoms with van der Waals surface area (Å²) in [4.78, 5) is 18.3. The van der Waals surface area contributed by atoms with E-state index < -0.39 is 0 Å². The quantitative estimate of drug-likeness (QED) is 0.582. The Morgan fingerprint density at radius 1 is 1.67 bits per heavy atom. The lowest BCUT2D eigenvalue weighted by molar-refractivity contribution is 0.112. The highest BCUT2D eigenvalue weighted by Crippen LogP contribution is 2.17. The first kappa shape index (κ1) is 11.9. The molecule has 82 valence electrons. The van der Waals surface area contributed by atoms with Crippen LogP contribution in [-0.4, -0.2) is 34.5 Å². The van der Waals surface area contributed by atoms with Gasteiger partial charge in [0.05, 0.1) is 5.56 Å². The number of aliphatic hydroxyl groups excluding tert-OH is 1. The molecular weight excluding hydrogens is 218 g/mol. The van der Waals surface area contributed by atoms with Gasteiger partial charge in [-0.3, -0.25) is 4.79 Å². The molecule has 0 fully saturated rings. The SMILES string of the molecule is CC(CO)CNc1ncnc(Cl)c1C=O. The second kappa shape index (κ2) is 5.63. The van der Waals surface area contributed by atoms with Crippen molar-refractivity contribution in [2.45, 2.75) is 6.92 Å². The Kier molecular flexibility index (Phi) is 4.45. The van der Waals surface area contributed by atoms with Gasteiger partial charge in [-0.2, -0.15) is 0 Å². The van der Waals surface area contributed by atoms with Gasteiger partial charge in [-0.15, -0.1) is 0 Å². The molecule has 0 spiro atoms. The lowest BCUT2D eigenvalue weighted by Gasteiger charge is -2.11. The highest BCUT2D eigenvalue weighted by Gasteiger charge is 2.09. The van der Waals surface area contributed by atoms with Gasteiger partial charge in [0.2, 0.25) is 0 Å². The van der Waals surface area contributed by atoms with Crippen LogP contribution in [0.2, 0.25) is 5.15 Å². The molecule has 0 amide bonds. The standard InChI is InChI=1S/C9H12ClN3O2/c1-6(3-14)2-11-9-7(4-15)8(10)12-5-13-9/h4-6,14H,2-3H2,1H3,(H,11,12,13). The van der Waals surface area contributed by atoms with Crippen LogP contribution in [0.1, 0.15) is 17.3 Å². The molecule has 1 atom stereocenters. The molecule has 1 heterocycles. The fraction of sp³-hybridized carbons (Fsp3) is 0.444. The minimum absolute atomic E-state index is 0.0717. The fourth-order valence-electron chi connectivity index (χ4n) is 0.955. The number of aromatic nitrogens is 2. The molecule has 0 aliphatic rings. The molecule has 1 aromatic heterocycles. The zero-order valence-electron chi connectivity index (χ0n) is 8.27. The van der Waals surface area contributed by atoms with Crippen LogP contribution in [0, 0.1) is 5.92 Å². The number of nitrogens with zero attached hydrogens (tertiary/aromatic N) is 2. The van der Waals surface area contributed by atoms with Gasteiger partial charge in [0.1, 0.15) is 17.3 Å². The van der Waals surface area contributed by atoms with Crippen molar-refractivity contribution in [2.75, 3.05) is 18.5 Å². The second-order valence-electron chi connectivity index (χ2n) is 3.21. The van der Waals surface area contributed by atoms with Gasteiger partial charge in [0.25, 0.3) is 0 Å². The van der Waals surface area contributed by atoms with Gasteiger partial charge in [0, 0.05) is 13.2 Å². The smallest absolute Gasteiger partial charge is 0.156 e. The maximum absolute atomic E-state index is 10.7. The normalized spacial score (nSPS) is 12.2. The average molecular weight is 230 g/mol. The van der Waals surface area contributed by atoms with Crippen LogP contribution in [0.25, 0.3) is 0 Å². The van der Waals surface area contributed by atoms with E-state index in [1.54, 1.807) is 0 Å². The maximum atomic E-state index is 10.7. The predicted molar refractivity (Wildman–Crippen MR) is 57.2 cm³/mol. The lowest BCUT2D eigenvalue weighted by atomic mass is 10.2. The van der Waals surface area contributed by atoms with E-state index in [9.17, 15) is 4.79 Å². The number of aliphatic hydroxyl groups is 1. The number of carbonyl (C=O) groups is 1. The molecule has 6 heteroatoms. The molecule has 0 aliphatic heterocycles. The van der Waals surface area contributed by atoms with Gasteiger partial charge < -0.3 is 10.4 Å². The Bertz CT molecular complexity index is 346. The van der Waals surface area contributed by atoms with E-state index in [-0.39, 0.29) is 23.2 Å². The second-order valence-corrected chi connectivity index (χ2v) is 3.57. The van der Waals surface area contributed by atoms with Crippen LogP contribution in [0.4, 0.5) is 5.82 Å². The molecule has 5 nitrogen and oxygen atoms in total. The van der Waals surface area contributed by atoms with Gasteiger partial charge in [-0.25, -0.2) is 9.97 Å². The van der Waals surface area contributed by atoms with Gasteiger partial charge in [-0.1, -0.05) is 18.5 Å². The van der Waals surface area contributed by atoms with E-state index in [0.717, 1.165) is 0 Å². The number of hydrogen-bond donors (Lipinski definition) is 2. The van der Waals surface area contributed by atoms with E-state index >= 15 is 0 Å². The summed E-state index contributed by atoms with van der Waals surface area (Å²) in [5.41, 5.74) is 0.240. The number of aldehydes is 1. The Hall–Kier alpha value is -1.20. The third kappa shape index (κ3) is 3.14. The van der Waals surface area contributed by atoms with Crippen molar-refractivity contribution in [3.63, 3.8) is 0 Å². The van der Waals surface area contributed by atoms with E-state index in [2.05, 4.69) is 15.3 Å². The van der Waals surface area contributed by atoms with Crippen LogP contribution in [0.15, 0.2) is 6.33 Å². The number of halogens is 1. The summed E-state index contributed by atoms with van der Waals surface area (Å²) in [6, 6.07) is 0. The molecule has 0 saturated carbocycles. The minimum atomic E-state index is 0.0717. The molecular formula is C9H12ClN3O2. The Morgan fingerprint density at radius 2 is 2.40 bits per heavy atom. The molecule has 15 heavy (non-hydrogen) atoms. The third-order valence-electron chi connectivity index (χ3n) is 1.88. The molecule has 2 N–H and O–H groups in total. The molecule has 0 aromatic carbocycles. The largest absolute Gasteiger partial charge is 0.396 e. The number of anilines is 1. The molecule has 1 unspecified atom stereocenters. The van der Waals surface area contributed by atoms with Crippen LogP contribution in [0.3, 0.4) is 0 Å². The molecule has 1 rings (SSSR count). The van der Waals surface area contributed by atoms with Gasteiger partial charge in [-0.05, 0) is 5.92 Å². The lowest BCUT2D eigenvalue weighted by Crippen LogP contribution is -2.16.